The number of fused-ring (bicyclic) bond motifs is 1. The van der Waals surface area contributed by atoms with E-state index in [1.165, 1.54) is 31.4 Å². The van der Waals surface area contributed by atoms with Gasteiger partial charge >= 0.3 is 11.7 Å². The first-order chi connectivity index (χ1) is 21.3. The van der Waals surface area contributed by atoms with Crippen LogP contribution >= 0.6 is 0 Å². The number of nitrogens with zero attached hydrogens (tertiary/aromatic N) is 2. The number of aromatic nitrogens is 2. The van der Waals surface area contributed by atoms with Gasteiger partial charge in [-0.1, -0.05) is 64.5 Å². The van der Waals surface area contributed by atoms with Gasteiger partial charge in [0.2, 0.25) is 0 Å². The highest BCUT2D eigenvalue weighted by atomic mass is 16.6. The second-order valence-corrected chi connectivity index (χ2v) is 12.8. The van der Waals surface area contributed by atoms with E-state index >= 15 is 0 Å². The molecule has 2 aromatic carbocycles. The van der Waals surface area contributed by atoms with E-state index in [-0.39, 0.29) is 29.1 Å². The van der Waals surface area contributed by atoms with Crippen LogP contribution < -0.4 is 9.47 Å². The van der Waals surface area contributed by atoms with Crippen LogP contribution in [-0.4, -0.2) is 32.7 Å². The Hall–Kier alpha value is -3.75. The Morgan fingerprint density at radius 1 is 1.00 bits per heavy atom. The summed E-state index contributed by atoms with van der Waals surface area (Å²) in [7, 11) is 0. The Kier molecular flexibility index (Phi) is 10.3. The number of rotatable bonds is 13. The summed E-state index contributed by atoms with van der Waals surface area (Å²) in [5, 5.41) is 12.4. The first kappa shape index (κ1) is 31.7. The number of ether oxygens (including phenoxy) is 2. The van der Waals surface area contributed by atoms with E-state index in [0.29, 0.717) is 41.6 Å². The molecule has 3 aromatic rings. The van der Waals surface area contributed by atoms with Crippen molar-refractivity contribution in [1.29, 1.82) is 0 Å². The number of nitro groups is 1. The molecule has 0 spiro atoms. The standard InChI is InChI=1S/C35H45N3O6/c1-3-5-9-24-13-15-26(16-14-24)34(40)43-31-22-30(38(41)42)32(21-27(31)33-36-28-11-7-8-12-29(28)37-33)44-35(23-39)19-17-25(18-20-35)10-6-4-2/h7-8,11-12,21-26H,3-6,9-10,13-20H2,1-2H3,(H,36,37). The summed E-state index contributed by atoms with van der Waals surface area (Å²) in [6.45, 7) is 4.36. The molecule has 0 radical (unpaired) electrons. The quantitative estimate of drug-likeness (QED) is 0.0681. The van der Waals surface area contributed by atoms with Crippen molar-refractivity contribution in [3.63, 3.8) is 0 Å². The van der Waals surface area contributed by atoms with Crippen molar-refractivity contribution < 1.29 is 24.0 Å². The van der Waals surface area contributed by atoms with Crippen LogP contribution in [0.25, 0.3) is 22.4 Å². The molecule has 0 aliphatic heterocycles. The number of hydrogen-bond donors (Lipinski definition) is 1. The number of aromatic amines is 1. The number of H-pyrrole nitrogens is 1. The second-order valence-electron chi connectivity index (χ2n) is 12.8. The van der Waals surface area contributed by atoms with E-state index in [2.05, 4.69) is 18.8 Å². The number of benzene rings is 2. The summed E-state index contributed by atoms with van der Waals surface area (Å²) in [5.41, 5.74) is 0.379. The van der Waals surface area contributed by atoms with Gasteiger partial charge in [-0.05, 0) is 75.3 Å². The number of esters is 1. The molecule has 9 nitrogen and oxygen atoms in total. The summed E-state index contributed by atoms with van der Waals surface area (Å²) < 4.78 is 12.3. The number of imidazole rings is 1. The zero-order valence-corrected chi connectivity index (χ0v) is 26.0. The summed E-state index contributed by atoms with van der Waals surface area (Å²) in [5.74, 6) is 0.957. The van der Waals surface area contributed by atoms with Crippen LogP contribution in [0, 0.1) is 27.9 Å². The number of nitro benzene ring substituents is 1. The lowest BCUT2D eigenvalue weighted by atomic mass is 9.77. The zero-order chi connectivity index (χ0) is 31.1. The van der Waals surface area contributed by atoms with E-state index < -0.39 is 10.5 Å². The third-order valence-electron chi connectivity index (χ3n) is 9.70. The summed E-state index contributed by atoms with van der Waals surface area (Å²) >= 11 is 0. The topological polar surface area (TPSA) is 124 Å². The first-order valence-corrected chi connectivity index (χ1v) is 16.5. The van der Waals surface area contributed by atoms with Crippen molar-refractivity contribution >= 4 is 29.0 Å². The third kappa shape index (κ3) is 7.30. The Bertz CT molecular complexity index is 1420. The molecule has 2 aliphatic rings. The van der Waals surface area contributed by atoms with E-state index in [9.17, 15) is 19.7 Å². The van der Waals surface area contributed by atoms with Gasteiger partial charge in [0.05, 0.1) is 33.5 Å². The maximum Gasteiger partial charge on any atom is 0.314 e. The highest BCUT2D eigenvalue weighted by Gasteiger charge is 2.39. The molecular formula is C35H45N3O6. The fourth-order valence-electron chi connectivity index (χ4n) is 6.91. The predicted molar refractivity (Wildman–Crippen MR) is 170 cm³/mol. The smallest absolute Gasteiger partial charge is 0.314 e. The molecule has 0 atom stereocenters. The molecular weight excluding hydrogens is 558 g/mol. The molecule has 0 amide bonds. The molecule has 2 saturated carbocycles. The molecule has 236 valence electrons. The molecule has 2 aliphatic carbocycles. The lowest BCUT2D eigenvalue weighted by Crippen LogP contribution is -2.42. The first-order valence-electron chi connectivity index (χ1n) is 16.5. The van der Waals surface area contributed by atoms with Crippen molar-refractivity contribution in [3.05, 3.63) is 46.5 Å². The average Bonchev–Trinajstić information content (AvgIpc) is 3.48. The number of para-hydroxylation sites is 2. The predicted octanol–water partition coefficient (Wildman–Crippen LogP) is 8.74. The fourth-order valence-corrected chi connectivity index (χ4v) is 6.91. The highest BCUT2D eigenvalue weighted by molar-refractivity contribution is 5.84. The molecule has 0 unspecified atom stereocenters. The fraction of sp³-hybridized carbons (Fsp3) is 0.571. The van der Waals surface area contributed by atoms with Gasteiger partial charge in [-0.15, -0.1) is 0 Å². The molecule has 1 heterocycles. The van der Waals surface area contributed by atoms with Crippen LogP contribution in [0.3, 0.4) is 0 Å². The summed E-state index contributed by atoms with van der Waals surface area (Å²) in [4.78, 5) is 45.6. The Balaban J connectivity index is 1.45. The Morgan fingerprint density at radius 2 is 1.66 bits per heavy atom. The number of aldehydes is 1. The van der Waals surface area contributed by atoms with Crippen LogP contribution in [0.15, 0.2) is 36.4 Å². The monoisotopic (exact) mass is 603 g/mol. The minimum Gasteiger partial charge on any atom is -0.473 e. The molecule has 0 saturated heterocycles. The van der Waals surface area contributed by atoms with Crippen LogP contribution in [0.4, 0.5) is 5.69 Å². The van der Waals surface area contributed by atoms with Crippen molar-refractivity contribution in [3.8, 4) is 22.9 Å². The molecule has 0 bridgehead atoms. The van der Waals surface area contributed by atoms with Gasteiger partial charge in [-0.3, -0.25) is 19.7 Å². The van der Waals surface area contributed by atoms with Crippen LogP contribution in [-0.2, 0) is 9.59 Å². The summed E-state index contributed by atoms with van der Waals surface area (Å²) in [6, 6.07) is 10.3. The van der Waals surface area contributed by atoms with Crippen LogP contribution in [0.1, 0.15) is 104 Å². The lowest BCUT2D eigenvalue weighted by molar-refractivity contribution is -0.386. The van der Waals surface area contributed by atoms with E-state index in [4.69, 9.17) is 14.5 Å². The molecule has 1 N–H and O–H groups in total. The van der Waals surface area contributed by atoms with Gasteiger partial charge in [0, 0.05) is 6.07 Å². The van der Waals surface area contributed by atoms with Crippen molar-refractivity contribution in [2.75, 3.05) is 0 Å². The number of hydrogen-bond acceptors (Lipinski definition) is 7. The Morgan fingerprint density at radius 3 is 2.27 bits per heavy atom. The van der Waals surface area contributed by atoms with Crippen LogP contribution in [0.2, 0.25) is 0 Å². The highest BCUT2D eigenvalue weighted by Crippen LogP contribution is 2.44. The van der Waals surface area contributed by atoms with Crippen LogP contribution in [0.5, 0.6) is 11.5 Å². The van der Waals surface area contributed by atoms with E-state index in [1.54, 1.807) is 0 Å². The number of carbonyl (C=O) groups excluding carboxylic acids is 2. The van der Waals surface area contributed by atoms with Gasteiger partial charge in [0.15, 0.2) is 17.6 Å². The van der Waals surface area contributed by atoms with Gasteiger partial charge in [0.25, 0.3) is 0 Å². The Labute approximate surface area is 259 Å². The zero-order valence-electron chi connectivity index (χ0n) is 26.0. The minimum atomic E-state index is -1.15. The van der Waals surface area contributed by atoms with Gasteiger partial charge in [-0.2, -0.15) is 0 Å². The number of carbonyl (C=O) groups is 2. The van der Waals surface area contributed by atoms with Crippen molar-refractivity contribution in [2.45, 2.75) is 109 Å². The van der Waals surface area contributed by atoms with Crippen molar-refractivity contribution in [2.24, 2.45) is 17.8 Å². The maximum absolute atomic E-state index is 13.4. The van der Waals surface area contributed by atoms with Gasteiger partial charge in [0.1, 0.15) is 11.6 Å². The van der Waals surface area contributed by atoms with Crippen molar-refractivity contribution in [1.82, 2.24) is 9.97 Å². The third-order valence-corrected chi connectivity index (χ3v) is 9.70. The van der Waals surface area contributed by atoms with Gasteiger partial charge < -0.3 is 14.5 Å². The largest absolute Gasteiger partial charge is 0.473 e. The normalized spacial score (nSPS) is 23.7. The SMILES string of the molecule is CCCCC1CCC(C(=O)Oc2cc([N+](=O)[O-])c(OC3(C=O)CCC(CCCC)CC3)cc2-c2nc3ccccc3[nH]2)CC1. The number of nitrogens with one attached hydrogen (secondary N) is 1. The lowest BCUT2D eigenvalue weighted by Gasteiger charge is -2.36. The minimum absolute atomic E-state index is 0.0270. The maximum atomic E-state index is 13.4. The molecule has 1 aromatic heterocycles. The molecule has 2 fully saturated rings. The number of unbranched alkanes of at least 4 members (excludes halogenated alkanes) is 2. The molecule has 9 heteroatoms. The van der Waals surface area contributed by atoms with E-state index in [0.717, 1.165) is 69.6 Å². The second kappa shape index (κ2) is 14.4. The van der Waals surface area contributed by atoms with Gasteiger partial charge in [-0.25, -0.2) is 4.98 Å². The average molecular weight is 604 g/mol. The molecule has 5 rings (SSSR count). The van der Waals surface area contributed by atoms with E-state index in [1.807, 2.05) is 24.3 Å². The molecule has 44 heavy (non-hydrogen) atoms. The summed E-state index contributed by atoms with van der Waals surface area (Å²) in [6.07, 6.45) is 13.9.